The zero-order valence-corrected chi connectivity index (χ0v) is 11.5. The molecule has 0 atom stereocenters. The van der Waals surface area contributed by atoms with Gasteiger partial charge in [-0.25, -0.2) is 0 Å². The highest BCUT2D eigenvalue weighted by molar-refractivity contribution is 5.39. The van der Waals surface area contributed by atoms with Crippen molar-refractivity contribution in [3.05, 3.63) is 12.4 Å². The van der Waals surface area contributed by atoms with Gasteiger partial charge in [-0.05, 0) is 19.8 Å². The molecule has 0 amide bonds. The van der Waals surface area contributed by atoms with Crippen LogP contribution < -0.4 is 9.64 Å². The molecule has 5 nitrogen and oxygen atoms in total. The fourth-order valence-electron chi connectivity index (χ4n) is 3.07. The lowest BCUT2D eigenvalue weighted by Gasteiger charge is -2.40. The molecule has 1 aromatic rings. The van der Waals surface area contributed by atoms with Crippen LogP contribution in [0.3, 0.4) is 0 Å². The molecule has 1 spiro atoms. The van der Waals surface area contributed by atoms with E-state index < -0.39 is 0 Å². The Kier molecular flexibility index (Phi) is 3.55. The first kappa shape index (κ1) is 12.7. The Balaban J connectivity index is 1.75. The highest BCUT2D eigenvalue weighted by Gasteiger charge is 2.39. The normalized spacial score (nSPS) is 21.8. The van der Waals surface area contributed by atoms with Gasteiger partial charge in [-0.3, -0.25) is 4.98 Å². The van der Waals surface area contributed by atoms with E-state index in [2.05, 4.69) is 14.9 Å². The fourth-order valence-corrected chi connectivity index (χ4v) is 3.07. The van der Waals surface area contributed by atoms with Gasteiger partial charge in [0.05, 0.1) is 31.2 Å². The van der Waals surface area contributed by atoms with E-state index in [9.17, 15) is 0 Å². The molecule has 0 radical (unpaired) electrons. The summed E-state index contributed by atoms with van der Waals surface area (Å²) in [6, 6.07) is 0. The average molecular weight is 263 g/mol. The van der Waals surface area contributed by atoms with Crippen molar-refractivity contribution in [2.24, 2.45) is 0 Å². The minimum Gasteiger partial charge on any atom is -0.477 e. The van der Waals surface area contributed by atoms with Crippen LogP contribution in [0.25, 0.3) is 0 Å². The molecule has 3 rings (SSSR count). The Morgan fingerprint density at radius 3 is 3.00 bits per heavy atom. The molecule has 2 fully saturated rings. The fraction of sp³-hybridized carbons (Fsp3) is 0.714. The number of ether oxygens (including phenoxy) is 2. The zero-order valence-electron chi connectivity index (χ0n) is 11.5. The van der Waals surface area contributed by atoms with E-state index in [1.165, 1.54) is 25.7 Å². The quantitative estimate of drug-likeness (QED) is 0.835. The SMILES string of the molecule is CCOc1cncc(N2CCOC3(CCCC3)C2)n1. The first-order valence-corrected chi connectivity index (χ1v) is 7.15. The molecule has 104 valence electrons. The van der Waals surface area contributed by atoms with Crippen molar-refractivity contribution in [3.63, 3.8) is 0 Å². The number of hydrogen-bond donors (Lipinski definition) is 0. The van der Waals surface area contributed by atoms with Crippen LogP contribution in [0.1, 0.15) is 32.6 Å². The van der Waals surface area contributed by atoms with Crippen molar-refractivity contribution in [1.29, 1.82) is 0 Å². The Morgan fingerprint density at radius 1 is 1.37 bits per heavy atom. The van der Waals surface area contributed by atoms with Crippen LogP contribution in [0, 0.1) is 0 Å². The van der Waals surface area contributed by atoms with Crippen LogP contribution in [0.5, 0.6) is 5.88 Å². The van der Waals surface area contributed by atoms with Crippen LogP contribution in [-0.4, -0.2) is 41.9 Å². The Hall–Kier alpha value is -1.36. The van der Waals surface area contributed by atoms with Gasteiger partial charge in [0.15, 0.2) is 5.82 Å². The molecule has 2 aliphatic rings. The largest absolute Gasteiger partial charge is 0.477 e. The number of hydrogen-bond acceptors (Lipinski definition) is 5. The molecule has 2 heterocycles. The maximum atomic E-state index is 6.03. The summed E-state index contributed by atoms with van der Waals surface area (Å²) in [6.45, 7) is 5.16. The summed E-state index contributed by atoms with van der Waals surface area (Å²) in [5, 5.41) is 0. The Labute approximate surface area is 113 Å². The third kappa shape index (κ3) is 2.66. The van der Waals surface area contributed by atoms with E-state index in [0.717, 1.165) is 25.5 Å². The summed E-state index contributed by atoms with van der Waals surface area (Å²) < 4.78 is 11.5. The number of morpholine rings is 1. The van der Waals surface area contributed by atoms with E-state index in [-0.39, 0.29) is 5.60 Å². The summed E-state index contributed by atoms with van der Waals surface area (Å²) in [4.78, 5) is 11.0. The van der Waals surface area contributed by atoms with Crippen LogP contribution in [0.15, 0.2) is 12.4 Å². The summed E-state index contributed by atoms with van der Waals surface area (Å²) >= 11 is 0. The van der Waals surface area contributed by atoms with E-state index in [0.29, 0.717) is 12.5 Å². The second-order valence-electron chi connectivity index (χ2n) is 5.31. The van der Waals surface area contributed by atoms with Crippen molar-refractivity contribution in [2.75, 3.05) is 31.2 Å². The lowest BCUT2D eigenvalue weighted by Crippen LogP contribution is -2.50. The van der Waals surface area contributed by atoms with Crippen molar-refractivity contribution >= 4 is 5.82 Å². The number of anilines is 1. The summed E-state index contributed by atoms with van der Waals surface area (Å²) in [5.74, 6) is 1.51. The lowest BCUT2D eigenvalue weighted by atomic mass is 10.00. The summed E-state index contributed by atoms with van der Waals surface area (Å²) in [7, 11) is 0. The second-order valence-corrected chi connectivity index (χ2v) is 5.31. The van der Waals surface area contributed by atoms with Gasteiger partial charge in [-0.2, -0.15) is 4.98 Å². The molecule has 0 aromatic carbocycles. The molecule has 1 aromatic heterocycles. The smallest absolute Gasteiger partial charge is 0.234 e. The van der Waals surface area contributed by atoms with Crippen LogP contribution in [0.2, 0.25) is 0 Å². The molecule has 1 aliphatic heterocycles. The van der Waals surface area contributed by atoms with E-state index >= 15 is 0 Å². The molecule has 0 unspecified atom stereocenters. The molecular weight excluding hydrogens is 242 g/mol. The van der Waals surface area contributed by atoms with E-state index in [1.807, 2.05) is 13.1 Å². The Morgan fingerprint density at radius 2 is 2.21 bits per heavy atom. The number of rotatable bonds is 3. The maximum absolute atomic E-state index is 6.03. The van der Waals surface area contributed by atoms with Crippen molar-refractivity contribution < 1.29 is 9.47 Å². The van der Waals surface area contributed by atoms with Gasteiger partial charge in [0.25, 0.3) is 0 Å². The number of nitrogens with zero attached hydrogens (tertiary/aromatic N) is 3. The molecule has 5 heteroatoms. The van der Waals surface area contributed by atoms with Crippen LogP contribution >= 0.6 is 0 Å². The first-order chi connectivity index (χ1) is 9.31. The molecule has 19 heavy (non-hydrogen) atoms. The third-order valence-corrected chi connectivity index (χ3v) is 3.98. The van der Waals surface area contributed by atoms with E-state index in [4.69, 9.17) is 9.47 Å². The van der Waals surface area contributed by atoms with Crippen LogP contribution in [-0.2, 0) is 4.74 Å². The van der Waals surface area contributed by atoms with Gasteiger partial charge < -0.3 is 14.4 Å². The van der Waals surface area contributed by atoms with Gasteiger partial charge in [0.2, 0.25) is 5.88 Å². The lowest BCUT2D eigenvalue weighted by molar-refractivity contribution is -0.0503. The molecule has 0 bridgehead atoms. The molecule has 1 saturated carbocycles. The highest BCUT2D eigenvalue weighted by Crippen LogP contribution is 2.36. The second kappa shape index (κ2) is 5.33. The first-order valence-electron chi connectivity index (χ1n) is 7.15. The average Bonchev–Trinajstić information content (AvgIpc) is 2.87. The number of aromatic nitrogens is 2. The van der Waals surface area contributed by atoms with Gasteiger partial charge in [-0.15, -0.1) is 0 Å². The predicted octanol–water partition coefficient (Wildman–Crippen LogP) is 2.02. The predicted molar refractivity (Wildman–Crippen MR) is 72.6 cm³/mol. The van der Waals surface area contributed by atoms with Crippen molar-refractivity contribution in [3.8, 4) is 5.88 Å². The van der Waals surface area contributed by atoms with Gasteiger partial charge in [-0.1, -0.05) is 12.8 Å². The van der Waals surface area contributed by atoms with Crippen molar-refractivity contribution in [2.45, 2.75) is 38.2 Å². The highest BCUT2D eigenvalue weighted by atomic mass is 16.5. The molecule has 1 saturated heterocycles. The summed E-state index contributed by atoms with van der Waals surface area (Å²) in [6.07, 6.45) is 8.37. The van der Waals surface area contributed by atoms with E-state index in [1.54, 1.807) is 6.20 Å². The minimum atomic E-state index is 0.0571. The minimum absolute atomic E-state index is 0.0571. The van der Waals surface area contributed by atoms with Crippen LogP contribution in [0.4, 0.5) is 5.82 Å². The third-order valence-electron chi connectivity index (χ3n) is 3.98. The molecule has 1 aliphatic carbocycles. The van der Waals surface area contributed by atoms with Gasteiger partial charge >= 0.3 is 0 Å². The maximum Gasteiger partial charge on any atom is 0.234 e. The standard InChI is InChI=1S/C14H21N3O2/c1-2-18-13-10-15-9-12(16-13)17-7-8-19-14(11-17)5-3-4-6-14/h9-10H,2-8,11H2,1H3. The van der Waals surface area contributed by atoms with Gasteiger partial charge in [0.1, 0.15) is 0 Å². The topological polar surface area (TPSA) is 47.5 Å². The summed E-state index contributed by atoms with van der Waals surface area (Å²) in [5.41, 5.74) is 0.0571. The molecule has 0 N–H and O–H groups in total. The zero-order chi connectivity index (χ0) is 13.1. The molecular formula is C14H21N3O2. The Bertz CT molecular complexity index is 432. The van der Waals surface area contributed by atoms with Crippen molar-refractivity contribution in [1.82, 2.24) is 9.97 Å². The van der Waals surface area contributed by atoms with Gasteiger partial charge in [0, 0.05) is 13.1 Å². The monoisotopic (exact) mass is 263 g/mol.